The number of ether oxygens (including phenoxy) is 2. The maximum Gasteiger partial charge on any atom is 0.408 e. The lowest BCUT2D eigenvalue weighted by Crippen LogP contribution is -2.42. The molecule has 0 aromatic rings. The molecule has 1 atom stereocenters. The molecule has 5 heteroatoms. The molecule has 0 bridgehead atoms. The Balaban J connectivity index is 3.66. The van der Waals surface area contributed by atoms with Crippen LogP contribution in [0.1, 0.15) is 90.4 Å². The number of carbonyl (C=O) groups is 2. The number of hydrogen-bond acceptors (Lipinski definition) is 4. The second-order valence-electron chi connectivity index (χ2n) is 7.06. The van der Waals surface area contributed by atoms with Gasteiger partial charge in [0.25, 0.3) is 0 Å². The van der Waals surface area contributed by atoms with Crippen LogP contribution in [0.4, 0.5) is 4.79 Å². The highest BCUT2D eigenvalue weighted by atomic mass is 16.6. The third-order valence-electron chi connectivity index (χ3n) is 4.51. The summed E-state index contributed by atoms with van der Waals surface area (Å²) in [6.07, 6.45) is 21.2. The number of carbonyl (C=O) groups excluding carboxylic acids is 2. The van der Waals surface area contributed by atoms with Crippen molar-refractivity contribution in [1.29, 1.82) is 0 Å². The second-order valence-corrected chi connectivity index (χ2v) is 7.06. The minimum absolute atomic E-state index is 0.138. The molecule has 0 aliphatic carbocycles. The highest BCUT2D eigenvalue weighted by Gasteiger charge is 2.21. The first kappa shape index (κ1) is 26.0. The Labute approximate surface area is 171 Å². The summed E-state index contributed by atoms with van der Waals surface area (Å²) in [5, 5.41) is 2.45. The number of terminal acetylenes is 1. The van der Waals surface area contributed by atoms with Crippen molar-refractivity contribution in [1.82, 2.24) is 5.32 Å². The Kier molecular flexibility index (Phi) is 18.4. The fraction of sp³-hybridized carbons (Fsp3) is 0.739. The normalized spacial score (nSPS) is 11.3. The Morgan fingerprint density at radius 2 is 1.50 bits per heavy atom. The van der Waals surface area contributed by atoms with Gasteiger partial charge in [0.05, 0.1) is 6.61 Å². The summed E-state index contributed by atoms with van der Waals surface area (Å²) < 4.78 is 9.97. The number of unbranched alkanes of at least 4 members (excludes halogenated alkanes) is 11. The Bertz CT molecular complexity index is 456. The van der Waals surface area contributed by atoms with Crippen molar-refractivity contribution in [2.75, 3.05) is 13.2 Å². The highest BCUT2D eigenvalue weighted by Crippen LogP contribution is 2.12. The van der Waals surface area contributed by atoms with Gasteiger partial charge in [-0.15, -0.1) is 13.0 Å². The number of hydrogen-bond donors (Lipinski definition) is 1. The zero-order valence-corrected chi connectivity index (χ0v) is 17.7. The Hall–Kier alpha value is -1.96. The van der Waals surface area contributed by atoms with E-state index in [4.69, 9.17) is 15.9 Å². The first-order chi connectivity index (χ1) is 13.7. The van der Waals surface area contributed by atoms with E-state index in [0.717, 1.165) is 12.8 Å². The second kappa shape index (κ2) is 19.8. The predicted octanol–water partition coefficient (Wildman–Crippen LogP) is 5.53. The Morgan fingerprint density at radius 1 is 0.964 bits per heavy atom. The standard InChI is InChI=1S/C23H39NO4/c1-4-7-8-9-10-11-12-13-14-15-16-17-20-27-22(25)21(18-5-2)24-23(26)28-19-6-3/h3,5,21H,2,4,7-20H2,1H3,(H,24,26). The summed E-state index contributed by atoms with van der Waals surface area (Å²) in [7, 11) is 0. The fourth-order valence-electron chi connectivity index (χ4n) is 2.89. The molecule has 0 aromatic carbocycles. The minimum atomic E-state index is -0.792. The molecular formula is C23H39NO4. The van der Waals surface area contributed by atoms with Crippen molar-refractivity contribution >= 4 is 12.1 Å². The van der Waals surface area contributed by atoms with Crippen molar-refractivity contribution in [2.24, 2.45) is 0 Å². The van der Waals surface area contributed by atoms with Crippen LogP contribution >= 0.6 is 0 Å². The average molecular weight is 394 g/mol. The Morgan fingerprint density at radius 3 is 2.00 bits per heavy atom. The molecule has 0 spiro atoms. The molecule has 0 fully saturated rings. The quantitative estimate of drug-likeness (QED) is 0.144. The van der Waals surface area contributed by atoms with Crippen LogP contribution in [0.15, 0.2) is 12.7 Å². The lowest BCUT2D eigenvalue weighted by atomic mass is 10.1. The molecule has 0 radical (unpaired) electrons. The zero-order chi connectivity index (χ0) is 20.9. The van der Waals surface area contributed by atoms with Crippen LogP contribution in [0, 0.1) is 12.3 Å². The average Bonchev–Trinajstić information content (AvgIpc) is 2.69. The number of nitrogens with one attached hydrogen (secondary N) is 1. The highest BCUT2D eigenvalue weighted by molar-refractivity contribution is 5.81. The van der Waals surface area contributed by atoms with Crippen molar-refractivity contribution in [3.63, 3.8) is 0 Å². The van der Waals surface area contributed by atoms with E-state index in [1.165, 1.54) is 64.2 Å². The van der Waals surface area contributed by atoms with E-state index in [9.17, 15) is 9.59 Å². The lowest BCUT2D eigenvalue weighted by molar-refractivity contribution is -0.146. The lowest BCUT2D eigenvalue weighted by Gasteiger charge is -2.15. The molecule has 1 unspecified atom stereocenters. The van der Waals surface area contributed by atoms with Gasteiger partial charge in [0, 0.05) is 0 Å². The van der Waals surface area contributed by atoms with Gasteiger partial charge in [0.2, 0.25) is 0 Å². The molecule has 0 aliphatic rings. The number of esters is 1. The van der Waals surface area contributed by atoms with E-state index in [2.05, 4.69) is 24.7 Å². The summed E-state index contributed by atoms with van der Waals surface area (Å²) in [6, 6.07) is -0.792. The molecule has 0 saturated heterocycles. The van der Waals surface area contributed by atoms with Crippen LogP contribution in [-0.2, 0) is 14.3 Å². The van der Waals surface area contributed by atoms with Crippen LogP contribution in [0.25, 0.3) is 0 Å². The third kappa shape index (κ3) is 16.2. The number of rotatable bonds is 18. The predicted molar refractivity (Wildman–Crippen MR) is 114 cm³/mol. The van der Waals surface area contributed by atoms with Gasteiger partial charge in [-0.2, -0.15) is 0 Å². The molecule has 0 aromatic heterocycles. The zero-order valence-electron chi connectivity index (χ0n) is 17.7. The topological polar surface area (TPSA) is 64.6 Å². The first-order valence-electron chi connectivity index (χ1n) is 10.8. The van der Waals surface area contributed by atoms with Gasteiger partial charge in [-0.1, -0.05) is 89.5 Å². The van der Waals surface area contributed by atoms with Crippen molar-refractivity contribution in [2.45, 2.75) is 96.4 Å². The molecule has 1 N–H and O–H groups in total. The monoisotopic (exact) mass is 393 g/mol. The largest absolute Gasteiger partial charge is 0.464 e. The fourth-order valence-corrected chi connectivity index (χ4v) is 2.89. The van der Waals surface area contributed by atoms with E-state index in [1.807, 2.05) is 0 Å². The van der Waals surface area contributed by atoms with Gasteiger partial charge in [0.1, 0.15) is 6.04 Å². The molecule has 0 rings (SSSR count). The van der Waals surface area contributed by atoms with Gasteiger partial charge < -0.3 is 14.8 Å². The van der Waals surface area contributed by atoms with E-state index >= 15 is 0 Å². The van der Waals surface area contributed by atoms with Crippen molar-refractivity contribution in [3.8, 4) is 12.3 Å². The van der Waals surface area contributed by atoms with Gasteiger partial charge >= 0.3 is 12.1 Å². The van der Waals surface area contributed by atoms with Crippen molar-refractivity contribution < 1.29 is 19.1 Å². The van der Waals surface area contributed by atoms with E-state index in [0.29, 0.717) is 6.61 Å². The molecule has 0 saturated carbocycles. The smallest absolute Gasteiger partial charge is 0.408 e. The van der Waals surface area contributed by atoms with Crippen molar-refractivity contribution in [3.05, 3.63) is 12.7 Å². The first-order valence-corrected chi connectivity index (χ1v) is 10.8. The molecule has 28 heavy (non-hydrogen) atoms. The van der Waals surface area contributed by atoms with Gasteiger partial charge in [-0.05, 0) is 12.8 Å². The van der Waals surface area contributed by atoms with E-state index in [1.54, 1.807) is 6.08 Å². The molecular weight excluding hydrogens is 354 g/mol. The van der Waals surface area contributed by atoms with Gasteiger partial charge in [0.15, 0.2) is 6.61 Å². The SMILES string of the molecule is C#CCOC(=O)NC(CC=C)C(=O)OCCCCCCCCCCCCCC. The maximum atomic E-state index is 12.1. The van der Waals surface area contributed by atoms with Crippen LogP contribution in [0.3, 0.4) is 0 Å². The van der Waals surface area contributed by atoms with Gasteiger partial charge in [-0.25, -0.2) is 9.59 Å². The molecule has 0 heterocycles. The molecule has 160 valence electrons. The summed E-state index contributed by atoms with van der Waals surface area (Å²) in [6.45, 7) is 6.06. The molecule has 1 amide bonds. The van der Waals surface area contributed by atoms with Crippen LogP contribution < -0.4 is 5.32 Å². The minimum Gasteiger partial charge on any atom is -0.464 e. The van der Waals surface area contributed by atoms with Crippen LogP contribution in [-0.4, -0.2) is 31.3 Å². The summed E-state index contributed by atoms with van der Waals surface area (Å²) >= 11 is 0. The third-order valence-corrected chi connectivity index (χ3v) is 4.51. The number of alkyl carbamates (subject to hydrolysis) is 1. The van der Waals surface area contributed by atoms with Gasteiger partial charge in [-0.3, -0.25) is 0 Å². The van der Waals surface area contributed by atoms with Crippen LogP contribution in [0.5, 0.6) is 0 Å². The number of amides is 1. The summed E-state index contributed by atoms with van der Waals surface area (Å²) in [4.78, 5) is 23.6. The summed E-state index contributed by atoms with van der Waals surface area (Å²) in [5.74, 6) is 1.72. The summed E-state index contributed by atoms with van der Waals surface area (Å²) in [5.41, 5.74) is 0. The molecule has 5 nitrogen and oxygen atoms in total. The van der Waals surface area contributed by atoms with Crippen LogP contribution in [0.2, 0.25) is 0 Å². The van der Waals surface area contributed by atoms with E-state index < -0.39 is 18.1 Å². The maximum absolute atomic E-state index is 12.1. The molecule has 0 aliphatic heterocycles. The van der Waals surface area contributed by atoms with E-state index in [-0.39, 0.29) is 13.0 Å².